The molecule has 0 aliphatic rings. The first-order chi connectivity index (χ1) is 5.85. The van der Waals surface area contributed by atoms with E-state index in [9.17, 15) is 22.2 Å². The van der Waals surface area contributed by atoms with Crippen LogP contribution in [0.25, 0.3) is 0 Å². The van der Waals surface area contributed by atoms with Crippen LogP contribution < -0.4 is 5.73 Å². The molecular formula is C6H9F3NO2S+. The summed E-state index contributed by atoms with van der Waals surface area (Å²) in [5.74, 6) is -0.754. The maximum Gasteiger partial charge on any atom is 0.462 e. The Hall–Kier alpha value is -0.720. The predicted octanol–water partition coefficient (Wildman–Crippen LogP) is 1.00. The van der Waals surface area contributed by atoms with Crippen molar-refractivity contribution in [2.24, 2.45) is 5.73 Å². The van der Waals surface area contributed by atoms with Crippen LogP contribution >= 0.6 is 0 Å². The fourth-order valence-corrected chi connectivity index (χ4v) is 1.18. The highest BCUT2D eigenvalue weighted by molar-refractivity contribution is 7.66. The molecule has 1 unspecified atom stereocenters. The van der Waals surface area contributed by atoms with Gasteiger partial charge in [0.15, 0.2) is 0 Å². The van der Waals surface area contributed by atoms with E-state index in [0.717, 1.165) is 0 Å². The van der Waals surface area contributed by atoms with Crippen LogP contribution in [0.2, 0.25) is 0 Å². The third-order valence-electron chi connectivity index (χ3n) is 1.31. The second-order valence-electron chi connectivity index (χ2n) is 2.54. The first-order valence-electron chi connectivity index (χ1n) is 3.49. The quantitative estimate of drug-likeness (QED) is 0.697. The molecule has 0 spiro atoms. The lowest BCUT2D eigenvalue weighted by Crippen LogP contribution is -2.21. The van der Waals surface area contributed by atoms with Crippen molar-refractivity contribution in [1.82, 2.24) is 0 Å². The number of carbonyl (C=O) groups excluding carboxylic acids is 1. The third kappa shape index (κ3) is 7.63. The van der Waals surface area contributed by atoms with Gasteiger partial charge in [0.25, 0.3) is 0 Å². The minimum absolute atomic E-state index is 0.0119. The number of alkyl halides is 3. The second-order valence-corrected chi connectivity index (χ2v) is 3.40. The highest BCUT2D eigenvalue weighted by Crippen LogP contribution is 2.23. The molecule has 3 nitrogen and oxygen atoms in total. The van der Waals surface area contributed by atoms with Gasteiger partial charge in [0, 0.05) is 17.1 Å². The molecule has 0 fully saturated rings. The molecule has 1 atom stereocenters. The van der Waals surface area contributed by atoms with Crippen LogP contribution in [0.4, 0.5) is 13.2 Å². The number of hydrogen-bond acceptors (Lipinski definition) is 2. The number of nitrogens with two attached hydrogens (primary N) is 1. The molecule has 13 heavy (non-hydrogen) atoms. The van der Waals surface area contributed by atoms with Crippen LogP contribution in [-0.4, -0.2) is 17.3 Å². The van der Waals surface area contributed by atoms with E-state index in [1.807, 2.05) is 0 Å². The summed E-state index contributed by atoms with van der Waals surface area (Å²) >= 11 is -0.0119. The van der Waals surface area contributed by atoms with Crippen molar-refractivity contribution < 1.29 is 22.2 Å². The van der Waals surface area contributed by atoms with E-state index in [0.29, 0.717) is 0 Å². The van der Waals surface area contributed by atoms with Gasteiger partial charge in [0.05, 0.1) is 6.42 Å². The molecule has 0 aromatic heterocycles. The van der Waals surface area contributed by atoms with Crippen LogP contribution in [-0.2, 0) is 20.7 Å². The molecule has 0 saturated carbocycles. The van der Waals surface area contributed by atoms with Gasteiger partial charge in [-0.05, 0) is 0 Å². The number of rotatable bonds is 5. The van der Waals surface area contributed by atoms with E-state index in [2.05, 4.69) is 0 Å². The number of hydrogen-bond donors (Lipinski definition) is 1. The molecule has 0 aliphatic heterocycles. The molecule has 76 valence electrons. The Balaban J connectivity index is 3.86. The summed E-state index contributed by atoms with van der Waals surface area (Å²) in [5, 5.41) is -0.876. The zero-order valence-electron chi connectivity index (χ0n) is 6.63. The Morgan fingerprint density at radius 1 is 1.46 bits per heavy atom. The summed E-state index contributed by atoms with van der Waals surface area (Å²) in [4.78, 5) is 10.3. The molecule has 7 heteroatoms. The summed E-state index contributed by atoms with van der Waals surface area (Å²) in [6, 6.07) is 0. The van der Waals surface area contributed by atoms with Crippen LogP contribution in [0.15, 0.2) is 0 Å². The summed E-state index contributed by atoms with van der Waals surface area (Å²) in [5.41, 5.74) is 4.74. The first kappa shape index (κ1) is 12.3. The zero-order valence-corrected chi connectivity index (χ0v) is 7.45. The van der Waals surface area contributed by atoms with Crippen molar-refractivity contribution >= 4 is 17.6 Å². The Bertz CT molecular complexity index is 195. The Morgan fingerprint density at radius 3 is 2.31 bits per heavy atom. The van der Waals surface area contributed by atoms with Gasteiger partial charge in [-0.1, -0.05) is 0 Å². The maximum atomic E-state index is 11.7. The number of amides is 1. The monoisotopic (exact) mass is 216 g/mol. The van der Waals surface area contributed by atoms with Gasteiger partial charge < -0.3 is 5.73 Å². The van der Waals surface area contributed by atoms with Crippen molar-refractivity contribution in [3.8, 4) is 0 Å². The average molecular weight is 216 g/mol. The van der Waals surface area contributed by atoms with Crippen LogP contribution in [0.5, 0.6) is 0 Å². The molecule has 2 N–H and O–H groups in total. The van der Waals surface area contributed by atoms with E-state index in [1.165, 1.54) is 0 Å². The summed E-state index contributed by atoms with van der Waals surface area (Å²) in [6.45, 7) is 0. The highest BCUT2D eigenvalue weighted by Gasteiger charge is 2.33. The van der Waals surface area contributed by atoms with Gasteiger partial charge >= 0.3 is 17.8 Å². The van der Waals surface area contributed by atoms with Crippen molar-refractivity contribution in [3.63, 3.8) is 0 Å². The summed E-state index contributed by atoms with van der Waals surface area (Å²) in [7, 11) is 0. The lowest BCUT2D eigenvalue weighted by Gasteiger charge is -2.03. The Labute approximate surface area is 77.0 Å². The van der Waals surface area contributed by atoms with E-state index in [1.54, 1.807) is 0 Å². The molecule has 0 aromatic rings. The molecule has 0 aromatic carbocycles. The standard InChI is InChI=1S/C6H8F3NO2S/c7-6(8,9)2-1-4(13-12)3-5(10)11/h4H,1-3H2,(H-,10,11)/p+1. The molecule has 0 rings (SSSR count). The van der Waals surface area contributed by atoms with E-state index < -0.39 is 23.8 Å². The number of halogens is 3. The van der Waals surface area contributed by atoms with Crippen molar-refractivity contribution in [2.75, 3.05) is 0 Å². The molecular weight excluding hydrogens is 207 g/mol. The number of primary amides is 1. The third-order valence-corrected chi connectivity index (χ3v) is 1.99. The molecule has 0 bridgehead atoms. The highest BCUT2D eigenvalue weighted by atomic mass is 32.1. The van der Waals surface area contributed by atoms with Gasteiger partial charge in [0.2, 0.25) is 11.2 Å². The fourth-order valence-electron chi connectivity index (χ4n) is 0.733. The normalized spacial score (nSPS) is 13.8. The minimum atomic E-state index is -4.29. The predicted molar refractivity (Wildman–Crippen MR) is 40.9 cm³/mol. The van der Waals surface area contributed by atoms with E-state index in [4.69, 9.17) is 5.73 Å². The van der Waals surface area contributed by atoms with Gasteiger partial charge in [-0.25, -0.2) is 0 Å². The second kappa shape index (κ2) is 5.11. The Morgan fingerprint density at radius 2 is 2.00 bits per heavy atom. The van der Waals surface area contributed by atoms with Crippen LogP contribution in [0.1, 0.15) is 19.3 Å². The van der Waals surface area contributed by atoms with E-state index >= 15 is 0 Å². The molecule has 0 heterocycles. The summed E-state index contributed by atoms with van der Waals surface area (Å²) < 4.78 is 45.2. The zero-order chi connectivity index (χ0) is 10.5. The van der Waals surface area contributed by atoms with Crippen LogP contribution in [0, 0.1) is 0 Å². The maximum absolute atomic E-state index is 11.7. The lowest BCUT2D eigenvalue weighted by molar-refractivity contribution is -0.136. The topological polar surface area (TPSA) is 60.2 Å². The average Bonchev–Trinajstić information content (AvgIpc) is 1.95. The SMILES string of the molecule is NC(=O)CC(CCC(F)(F)F)[S+]=O. The fraction of sp³-hybridized carbons (Fsp3) is 0.833. The lowest BCUT2D eigenvalue weighted by atomic mass is 10.2. The molecule has 0 saturated heterocycles. The Kier molecular flexibility index (Phi) is 4.82. The molecule has 0 radical (unpaired) electrons. The van der Waals surface area contributed by atoms with Gasteiger partial charge in [-0.15, -0.1) is 0 Å². The number of carbonyl (C=O) groups is 1. The summed E-state index contributed by atoms with van der Waals surface area (Å²) in [6.07, 6.45) is -6.00. The van der Waals surface area contributed by atoms with Gasteiger partial charge in [0.1, 0.15) is 0 Å². The largest absolute Gasteiger partial charge is 0.462 e. The van der Waals surface area contributed by atoms with Crippen LogP contribution in [0.3, 0.4) is 0 Å². The minimum Gasteiger partial charge on any atom is -0.369 e. The van der Waals surface area contributed by atoms with Gasteiger partial charge in [-0.2, -0.15) is 13.2 Å². The van der Waals surface area contributed by atoms with E-state index in [-0.39, 0.29) is 24.5 Å². The smallest absolute Gasteiger partial charge is 0.369 e. The van der Waals surface area contributed by atoms with Crippen molar-refractivity contribution in [1.29, 1.82) is 0 Å². The molecule has 1 amide bonds. The molecule has 0 aliphatic carbocycles. The first-order valence-corrected chi connectivity index (χ1v) is 4.29. The van der Waals surface area contributed by atoms with Crippen molar-refractivity contribution in [2.45, 2.75) is 30.7 Å². The van der Waals surface area contributed by atoms with Crippen molar-refractivity contribution in [3.05, 3.63) is 0 Å². The van der Waals surface area contributed by atoms with Gasteiger partial charge in [-0.3, -0.25) is 4.79 Å².